The zero-order chi connectivity index (χ0) is 24.1. The predicted octanol–water partition coefficient (Wildman–Crippen LogP) is 4.17. The maximum absolute atomic E-state index is 12.7. The summed E-state index contributed by atoms with van der Waals surface area (Å²) in [5.74, 6) is 0.356. The standard InChI is InChI=1S/C25H23N3O5S/c1-18-2-9-22(16-24(18)20-5-3-19(17-26)4-6-20)33-25(29)27-21-7-10-23(11-8-21)34(30,31)28-12-14-32-15-13-28/h2-11,16H,12-15H2,1H3,(H,27,29). The molecule has 0 aromatic heterocycles. The molecule has 1 heterocycles. The monoisotopic (exact) mass is 477 g/mol. The molecule has 8 nitrogen and oxygen atoms in total. The van der Waals surface area contributed by atoms with Gasteiger partial charge in [-0.1, -0.05) is 18.2 Å². The van der Waals surface area contributed by atoms with Crippen molar-refractivity contribution in [2.45, 2.75) is 11.8 Å². The zero-order valence-corrected chi connectivity index (χ0v) is 19.3. The Morgan fingerprint density at radius 1 is 1.03 bits per heavy atom. The van der Waals surface area contributed by atoms with Gasteiger partial charge in [-0.15, -0.1) is 0 Å². The van der Waals surface area contributed by atoms with Crippen molar-refractivity contribution in [2.75, 3.05) is 31.6 Å². The van der Waals surface area contributed by atoms with E-state index in [4.69, 9.17) is 14.7 Å². The molecule has 1 fully saturated rings. The number of benzene rings is 3. The molecule has 3 aromatic rings. The van der Waals surface area contributed by atoms with Crippen LogP contribution >= 0.6 is 0 Å². The Labute approximate surface area is 198 Å². The van der Waals surface area contributed by atoms with Gasteiger partial charge < -0.3 is 9.47 Å². The van der Waals surface area contributed by atoms with Crippen molar-refractivity contribution in [2.24, 2.45) is 0 Å². The van der Waals surface area contributed by atoms with Crippen LogP contribution in [0.5, 0.6) is 5.75 Å². The SMILES string of the molecule is Cc1ccc(OC(=O)Nc2ccc(S(=O)(=O)N3CCOCC3)cc2)cc1-c1ccc(C#N)cc1. The third-order valence-corrected chi connectivity index (χ3v) is 7.37. The maximum Gasteiger partial charge on any atom is 0.417 e. The van der Waals surface area contributed by atoms with Gasteiger partial charge in [-0.05, 0) is 72.1 Å². The average molecular weight is 478 g/mol. The number of anilines is 1. The van der Waals surface area contributed by atoms with Gasteiger partial charge in [0.2, 0.25) is 10.0 Å². The summed E-state index contributed by atoms with van der Waals surface area (Å²) in [5.41, 5.74) is 3.75. The smallest absolute Gasteiger partial charge is 0.410 e. The molecule has 34 heavy (non-hydrogen) atoms. The molecule has 1 saturated heterocycles. The largest absolute Gasteiger partial charge is 0.417 e. The summed E-state index contributed by atoms with van der Waals surface area (Å²) in [4.78, 5) is 12.6. The number of carbonyl (C=O) groups is 1. The molecule has 0 spiro atoms. The number of ether oxygens (including phenoxy) is 2. The molecular formula is C25H23N3O5S. The minimum absolute atomic E-state index is 0.152. The molecule has 3 aromatic carbocycles. The fraction of sp³-hybridized carbons (Fsp3) is 0.200. The highest BCUT2D eigenvalue weighted by Crippen LogP contribution is 2.28. The van der Waals surface area contributed by atoms with Crippen LogP contribution in [0.4, 0.5) is 10.5 Å². The summed E-state index contributed by atoms with van der Waals surface area (Å²) in [6, 6.07) is 20.5. The van der Waals surface area contributed by atoms with E-state index in [1.807, 2.05) is 25.1 Å². The maximum atomic E-state index is 12.7. The first kappa shape index (κ1) is 23.4. The molecule has 0 atom stereocenters. The van der Waals surface area contributed by atoms with Gasteiger partial charge in [0.05, 0.1) is 29.7 Å². The first-order chi connectivity index (χ1) is 16.4. The first-order valence-electron chi connectivity index (χ1n) is 10.6. The number of nitrogens with zero attached hydrogens (tertiary/aromatic N) is 2. The second-order valence-corrected chi connectivity index (χ2v) is 9.66. The normalized spacial score (nSPS) is 14.2. The molecule has 1 aliphatic rings. The van der Waals surface area contributed by atoms with Gasteiger partial charge in [0.15, 0.2) is 0 Å². The highest BCUT2D eigenvalue weighted by atomic mass is 32.2. The molecule has 0 radical (unpaired) electrons. The van der Waals surface area contributed by atoms with E-state index < -0.39 is 16.1 Å². The van der Waals surface area contributed by atoms with Crippen molar-refractivity contribution in [1.82, 2.24) is 4.31 Å². The van der Waals surface area contributed by atoms with Crippen molar-refractivity contribution in [3.8, 4) is 22.9 Å². The topological polar surface area (TPSA) is 109 Å². The number of hydrogen-bond donors (Lipinski definition) is 1. The lowest BCUT2D eigenvalue weighted by Gasteiger charge is -2.26. The number of rotatable bonds is 5. The second kappa shape index (κ2) is 10.1. The number of carbonyl (C=O) groups excluding carboxylic acids is 1. The molecule has 0 saturated carbocycles. The number of amides is 1. The molecule has 174 valence electrons. The highest BCUT2D eigenvalue weighted by molar-refractivity contribution is 7.89. The van der Waals surface area contributed by atoms with Crippen LogP contribution in [0.25, 0.3) is 11.1 Å². The fourth-order valence-corrected chi connectivity index (χ4v) is 5.00. The highest BCUT2D eigenvalue weighted by Gasteiger charge is 2.26. The number of morpholine rings is 1. The number of nitrogens with one attached hydrogen (secondary N) is 1. The summed E-state index contributed by atoms with van der Waals surface area (Å²) in [6.45, 7) is 3.32. The van der Waals surface area contributed by atoms with E-state index in [1.54, 1.807) is 24.3 Å². The van der Waals surface area contributed by atoms with Gasteiger partial charge in [-0.25, -0.2) is 13.2 Å². The predicted molar refractivity (Wildman–Crippen MR) is 127 cm³/mol. The Balaban J connectivity index is 1.43. The Hall–Kier alpha value is -3.71. The lowest BCUT2D eigenvalue weighted by atomic mass is 9.99. The van der Waals surface area contributed by atoms with Gasteiger partial charge in [0.25, 0.3) is 0 Å². The van der Waals surface area contributed by atoms with E-state index in [2.05, 4.69) is 11.4 Å². The van der Waals surface area contributed by atoms with Crippen molar-refractivity contribution in [1.29, 1.82) is 5.26 Å². The molecule has 0 unspecified atom stereocenters. The van der Waals surface area contributed by atoms with E-state index in [-0.39, 0.29) is 4.90 Å². The summed E-state index contributed by atoms with van der Waals surface area (Å²) in [5, 5.41) is 11.6. The van der Waals surface area contributed by atoms with Gasteiger partial charge in [-0.3, -0.25) is 5.32 Å². The minimum Gasteiger partial charge on any atom is -0.410 e. The first-order valence-corrected chi connectivity index (χ1v) is 12.1. The van der Waals surface area contributed by atoms with Crippen molar-refractivity contribution < 1.29 is 22.7 Å². The zero-order valence-electron chi connectivity index (χ0n) is 18.5. The number of nitriles is 1. The summed E-state index contributed by atoms with van der Waals surface area (Å²) in [7, 11) is -3.60. The van der Waals surface area contributed by atoms with E-state index in [9.17, 15) is 13.2 Å². The lowest BCUT2D eigenvalue weighted by molar-refractivity contribution is 0.0730. The molecule has 1 N–H and O–H groups in total. The van der Waals surface area contributed by atoms with E-state index in [0.29, 0.717) is 43.3 Å². The van der Waals surface area contributed by atoms with E-state index >= 15 is 0 Å². The van der Waals surface area contributed by atoms with Crippen LogP contribution in [0.15, 0.2) is 71.6 Å². The molecular weight excluding hydrogens is 454 g/mol. The molecule has 1 amide bonds. The number of hydrogen-bond acceptors (Lipinski definition) is 6. The van der Waals surface area contributed by atoms with E-state index in [0.717, 1.165) is 16.7 Å². The van der Waals surface area contributed by atoms with Crippen LogP contribution < -0.4 is 10.1 Å². The summed E-state index contributed by atoms with van der Waals surface area (Å²) >= 11 is 0. The van der Waals surface area contributed by atoms with Gasteiger partial charge in [0.1, 0.15) is 5.75 Å². The quantitative estimate of drug-likeness (QED) is 0.591. The molecule has 0 bridgehead atoms. The molecule has 1 aliphatic heterocycles. The van der Waals surface area contributed by atoms with E-state index in [1.165, 1.54) is 28.6 Å². The van der Waals surface area contributed by atoms with Crippen molar-refractivity contribution in [3.63, 3.8) is 0 Å². The van der Waals surface area contributed by atoms with Crippen LogP contribution in [0, 0.1) is 18.3 Å². The van der Waals surface area contributed by atoms with Crippen LogP contribution in [-0.2, 0) is 14.8 Å². The average Bonchev–Trinajstić information content (AvgIpc) is 2.86. The minimum atomic E-state index is -3.60. The van der Waals surface area contributed by atoms with Gasteiger partial charge in [0, 0.05) is 18.8 Å². The second-order valence-electron chi connectivity index (χ2n) is 7.72. The van der Waals surface area contributed by atoms with Crippen molar-refractivity contribution in [3.05, 3.63) is 77.9 Å². The Kier molecular flexibility index (Phi) is 6.93. The lowest BCUT2D eigenvalue weighted by Crippen LogP contribution is -2.40. The van der Waals surface area contributed by atoms with Crippen LogP contribution in [0.2, 0.25) is 0 Å². The number of sulfonamides is 1. The van der Waals surface area contributed by atoms with Crippen LogP contribution in [-0.4, -0.2) is 45.1 Å². The third kappa shape index (κ3) is 5.26. The molecule has 4 rings (SSSR count). The Morgan fingerprint density at radius 2 is 1.71 bits per heavy atom. The van der Waals surface area contributed by atoms with Gasteiger partial charge >= 0.3 is 6.09 Å². The Morgan fingerprint density at radius 3 is 2.35 bits per heavy atom. The molecule has 9 heteroatoms. The third-order valence-electron chi connectivity index (χ3n) is 5.45. The summed E-state index contributed by atoms with van der Waals surface area (Å²) < 4.78 is 37.5. The molecule has 0 aliphatic carbocycles. The van der Waals surface area contributed by atoms with Crippen molar-refractivity contribution >= 4 is 21.8 Å². The van der Waals surface area contributed by atoms with Crippen LogP contribution in [0.3, 0.4) is 0 Å². The van der Waals surface area contributed by atoms with Gasteiger partial charge in [-0.2, -0.15) is 9.57 Å². The van der Waals surface area contributed by atoms with Crippen LogP contribution in [0.1, 0.15) is 11.1 Å². The Bertz CT molecular complexity index is 1320. The number of aryl methyl sites for hydroxylation is 1. The summed E-state index contributed by atoms with van der Waals surface area (Å²) in [6.07, 6.45) is -0.696. The fourth-order valence-electron chi connectivity index (χ4n) is 3.60.